The number of carbonyl (C=O) groups excluding carboxylic acids is 1. The standard InChI is InChI=1S/C24H26N2O4/c1-25(24(29)23(30-2)16-8-4-3-5-9-16)17-12-13-21-19(14-22(27)28)18-10-6-7-11-20(18)26(21)15-17/h3-11,17,23H,12-15H2,1-2H3,(H,27,28). The molecule has 2 heterocycles. The number of ether oxygens (including phenoxy) is 1. The van der Waals surface area contributed by atoms with Gasteiger partial charge in [-0.05, 0) is 30.0 Å². The van der Waals surface area contributed by atoms with Gasteiger partial charge >= 0.3 is 5.97 Å². The summed E-state index contributed by atoms with van der Waals surface area (Å²) in [6.07, 6.45) is 0.905. The Balaban J connectivity index is 1.62. The lowest BCUT2D eigenvalue weighted by molar-refractivity contribution is -0.143. The fourth-order valence-corrected chi connectivity index (χ4v) is 4.56. The minimum absolute atomic E-state index is 0.0137. The summed E-state index contributed by atoms with van der Waals surface area (Å²) < 4.78 is 7.72. The van der Waals surface area contributed by atoms with Crippen LogP contribution in [0.15, 0.2) is 54.6 Å². The van der Waals surface area contributed by atoms with Crippen molar-refractivity contribution in [3.8, 4) is 0 Å². The van der Waals surface area contributed by atoms with E-state index in [1.54, 1.807) is 12.0 Å². The van der Waals surface area contributed by atoms with Crippen molar-refractivity contribution in [2.75, 3.05) is 14.2 Å². The van der Waals surface area contributed by atoms with Gasteiger partial charge in [-0.1, -0.05) is 48.5 Å². The summed E-state index contributed by atoms with van der Waals surface area (Å²) in [6, 6.07) is 17.4. The number of rotatable bonds is 6. The van der Waals surface area contributed by atoms with E-state index in [0.29, 0.717) is 6.54 Å². The van der Waals surface area contributed by atoms with Gasteiger partial charge in [0, 0.05) is 43.3 Å². The number of aromatic nitrogens is 1. The van der Waals surface area contributed by atoms with E-state index in [2.05, 4.69) is 4.57 Å². The lowest BCUT2D eigenvalue weighted by Crippen LogP contribution is -2.44. The second kappa shape index (κ2) is 8.32. The molecule has 156 valence electrons. The van der Waals surface area contributed by atoms with Crippen LogP contribution in [0.3, 0.4) is 0 Å². The molecule has 2 atom stereocenters. The zero-order valence-electron chi connectivity index (χ0n) is 17.2. The first-order valence-corrected chi connectivity index (χ1v) is 10.2. The Morgan fingerprint density at radius 1 is 1.17 bits per heavy atom. The van der Waals surface area contributed by atoms with Gasteiger partial charge in [0.25, 0.3) is 5.91 Å². The van der Waals surface area contributed by atoms with Crippen LogP contribution in [0, 0.1) is 0 Å². The van der Waals surface area contributed by atoms with Crippen molar-refractivity contribution in [1.82, 2.24) is 9.47 Å². The number of fused-ring (bicyclic) bond motifs is 3. The Morgan fingerprint density at radius 3 is 2.57 bits per heavy atom. The van der Waals surface area contributed by atoms with Crippen LogP contribution in [0.1, 0.15) is 29.3 Å². The van der Waals surface area contributed by atoms with Gasteiger partial charge in [-0.25, -0.2) is 0 Å². The highest BCUT2D eigenvalue weighted by Crippen LogP contribution is 2.33. The minimum atomic E-state index is -0.825. The van der Waals surface area contributed by atoms with Crippen LogP contribution >= 0.6 is 0 Å². The second-order valence-corrected chi connectivity index (χ2v) is 7.79. The third-order valence-corrected chi connectivity index (χ3v) is 6.09. The maximum atomic E-state index is 13.2. The number of benzene rings is 2. The van der Waals surface area contributed by atoms with Crippen LogP contribution in [0.4, 0.5) is 0 Å². The lowest BCUT2D eigenvalue weighted by atomic mass is 9.98. The van der Waals surface area contributed by atoms with Crippen molar-refractivity contribution < 1.29 is 19.4 Å². The van der Waals surface area contributed by atoms with Gasteiger partial charge < -0.3 is 19.3 Å². The Hall–Kier alpha value is -3.12. The molecule has 1 amide bonds. The third kappa shape index (κ3) is 3.59. The summed E-state index contributed by atoms with van der Waals surface area (Å²) in [6.45, 7) is 0.642. The summed E-state index contributed by atoms with van der Waals surface area (Å²) in [5.74, 6) is -0.895. The molecule has 4 rings (SSSR count). The Labute approximate surface area is 175 Å². The second-order valence-electron chi connectivity index (χ2n) is 7.79. The number of methoxy groups -OCH3 is 1. The minimum Gasteiger partial charge on any atom is -0.481 e. The van der Waals surface area contributed by atoms with Crippen LogP contribution in [0.25, 0.3) is 10.9 Å². The molecule has 1 aliphatic rings. The molecule has 2 aromatic carbocycles. The first-order valence-electron chi connectivity index (χ1n) is 10.2. The summed E-state index contributed by atoms with van der Waals surface area (Å²) in [4.78, 5) is 26.4. The van der Waals surface area contributed by atoms with E-state index in [1.165, 1.54) is 0 Å². The molecule has 6 nitrogen and oxygen atoms in total. The first-order chi connectivity index (χ1) is 14.5. The molecule has 0 spiro atoms. The van der Waals surface area contributed by atoms with Gasteiger partial charge in [0.05, 0.1) is 6.42 Å². The fraction of sp³-hybridized carbons (Fsp3) is 0.333. The van der Waals surface area contributed by atoms with Crippen molar-refractivity contribution in [2.45, 2.75) is 38.0 Å². The number of hydrogen-bond donors (Lipinski definition) is 1. The highest BCUT2D eigenvalue weighted by molar-refractivity contribution is 5.89. The van der Waals surface area contributed by atoms with E-state index in [-0.39, 0.29) is 18.4 Å². The zero-order valence-corrected chi connectivity index (χ0v) is 17.2. The van der Waals surface area contributed by atoms with Crippen LogP contribution in [0.5, 0.6) is 0 Å². The molecule has 2 unspecified atom stereocenters. The molecule has 0 bridgehead atoms. The number of para-hydroxylation sites is 1. The van der Waals surface area contributed by atoms with Crippen molar-refractivity contribution in [2.24, 2.45) is 0 Å². The normalized spacial score (nSPS) is 16.8. The number of amides is 1. The maximum Gasteiger partial charge on any atom is 0.307 e. The Kier molecular flexibility index (Phi) is 5.59. The van der Waals surface area contributed by atoms with E-state index in [4.69, 9.17) is 4.74 Å². The van der Waals surface area contributed by atoms with E-state index in [1.807, 2.05) is 61.6 Å². The molecule has 3 aromatic rings. The average molecular weight is 406 g/mol. The number of hydrogen-bond acceptors (Lipinski definition) is 3. The van der Waals surface area contributed by atoms with Gasteiger partial charge in [-0.2, -0.15) is 0 Å². The smallest absolute Gasteiger partial charge is 0.307 e. The number of carbonyl (C=O) groups is 2. The van der Waals surface area contributed by atoms with Crippen molar-refractivity contribution in [3.05, 3.63) is 71.4 Å². The predicted molar refractivity (Wildman–Crippen MR) is 114 cm³/mol. The fourth-order valence-electron chi connectivity index (χ4n) is 4.56. The largest absolute Gasteiger partial charge is 0.481 e. The Morgan fingerprint density at radius 2 is 1.87 bits per heavy atom. The van der Waals surface area contributed by atoms with E-state index < -0.39 is 12.1 Å². The molecular formula is C24H26N2O4. The van der Waals surface area contributed by atoms with Gasteiger partial charge in [-0.15, -0.1) is 0 Å². The number of nitrogens with zero attached hydrogens (tertiary/aromatic N) is 2. The number of aliphatic carboxylic acids is 1. The van der Waals surface area contributed by atoms with Crippen LogP contribution in [-0.4, -0.2) is 46.6 Å². The molecule has 0 aliphatic carbocycles. The summed E-state index contributed by atoms with van der Waals surface area (Å²) in [5.41, 5.74) is 3.83. The highest BCUT2D eigenvalue weighted by atomic mass is 16.5. The molecule has 1 aliphatic heterocycles. The summed E-state index contributed by atoms with van der Waals surface area (Å²) >= 11 is 0. The average Bonchev–Trinajstić information content (AvgIpc) is 3.07. The van der Waals surface area contributed by atoms with Crippen LogP contribution in [-0.2, 0) is 33.7 Å². The molecule has 0 saturated carbocycles. The van der Waals surface area contributed by atoms with Crippen molar-refractivity contribution >= 4 is 22.8 Å². The van der Waals surface area contributed by atoms with Crippen molar-refractivity contribution in [3.63, 3.8) is 0 Å². The van der Waals surface area contributed by atoms with Gasteiger partial charge in [0.15, 0.2) is 6.10 Å². The Bertz CT molecular complexity index is 1070. The predicted octanol–water partition coefficient (Wildman–Crippen LogP) is 3.43. The summed E-state index contributed by atoms with van der Waals surface area (Å²) in [5, 5.41) is 10.4. The third-order valence-electron chi connectivity index (χ3n) is 6.09. The first kappa shape index (κ1) is 20.2. The number of carboxylic acid groups (broad SMARTS) is 1. The molecule has 6 heteroatoms. The molecular weight excluding hydrogens is 380 g/mol. The number of carboxylic acids is 1. The molecule has 0 saturated heterocycles. The van der Waals surface area contributed by atoms with Gasteiger partial charge in [0.2, 0.25) is 0 Å². The van der Waals surface area contributed by atoms with E-state index in [0.717, 1.165) is 40.6 Å². The highest BCUT2D eigenvalue weighted by Gasteiger charge is 2.32. The molecule has 1 N–H and O–H groups in total. The summed E-state index contributed by atoms with van der Waals surface area (Å²) in [7, 11) is 3.39. The van der Waals surface area contributed by atoms with Crippen LogP contribution in [0.2, 0.25) is 0 Å². The lowest BCUT2D eigenvalue weighted by Gasteiger charge is -2.35. The quantitative estimate of drug-likeness (QED) is 0.681. The zero-order chi connectivity index (χ0) is 21.3. The van der Waals surface area contributed by atoms with Crippen molar-refractivity contribution in [1.29, 1.82) is 0 Å². The molecule has 0 radical (unpaired) electrons. The van der Waals surface area contributed by atoms with Gasteiger partial charge in [-0.3, -0.25) is 9.59 Å². The van der Waals surface area contributed by atoms with Gasteiger partial charge in [0.1, 0.15) is 0 Å². The number of likely N-dealkylation sites (N-methyl/N-ethyl adjacent to an activating group) is 1. The van der Waals surface area contributed by atoms with Crippen LogP contribution < -0.4 is 0 Å². The molecule has 0 fully saturated rings. The maximum absolute atomic E-state index is 13.2. The topological polar surface area (TPSA) is 71.8 Å². The molecule has 1 aromatic heterocycles. The van der Waals surface area contributed by atoms with E-state index >= 15 is 0 Å². The molecule has 30 heavy (non-hydrogen) atoms. The monoisotopic (exact) mass is 406 g/mol. The SMILES string of the molecule is COC(C(=O)N(C)C1CCc2c(CC(=O)O)c3ccccc3n2C1)c1ccccc1. The van der Waals surface area contributed by atoms with E-state index in [9.17, 15) is 14.7 Å².